The molecule has 12 heteroatoms. The molecule has 0 aliphatic carbocycles. The largest absolute Gasteiger partial charge is 0.492 e. The maximum absolute atomic E-state index is 13.5. The van der Waals surface area contributed by atoms with E-state index in [2.05, 4.69) is 15.5 Å². The Morgan fingerprint density at radius 1 is 0.975 bits per heavy atom. The molecule has 40 heavy (non-hydrogen) atoms. The predicted molar refractivity (Wildman–Crippen MR) is 145 cm³/mol. The number of urea groups is 1. The molecule has 2 aromatic rings. The highest BCUT2D eigenvalue weighted by molar-refractivity contribution is 6.10. The molecule has 3 heterocycles. The Bertz CT molecular complexity index is 1300. The second-order valence-corrected chi connectivity index (χ2v) is 9.63. The van der Waals surface area contributed by atoms with Crippen molar-refractivity contribution in [3.05, 3.63) is 35.9 Å². The molecule has 3 aliphatic rings. The van der Waals surface area contributed by atoms with Crippen molar-refractivity contribution in [2.45, 2.75) is 26.3 Å². The van der Waals surface area contributed by atoms with Crippen LogP contribution in [0.15, 0.2) is 30.3 Å². The third-order valence-corrected chi connectivity index (χ3v) is 6.98. The summed E-state index contributed by atoms with van der Waals surface area (Å²) in [6.07, 6.45) is 0. The van der Waals surface area contributed by atoms with Crippen molar-refractivity contribution in [2.24, 2.45) is 0 Å². The van der Waals surface area contributed by atoms with Crippen LogP contribution in [0.1, 0.15) is 26.3 Å². The van der Waals surface area contributed by atoms with Crippen molar-refractivity contribution in [1.82, 2.24) is 10.2 Å². The average molecular weight is 555 g/mol. The first kappa shape index (κ1) is 27.4. The van der Waals surface area contributed by atoms with Gasteiger partial charge in [0.1, 0.15) is 36.8 Å². The number of carbonyl (C=O) groups excluding carboxylic acids is 3. The molecule has 2 aromatic carbocycles. The van der Waals surface area contributed by atoms with Gasteiger partial charge in [0.15, 0.2) is 11.5 Å². The Balaban J connectivity index is 1.34. The number of amides is 4. The van der Waals surface area contributed by atoms with Crippen molar-refractivity contribution >= 4 is 29.2 Å². The van der Waals surface area contributed by atoms with Crippen LogP contribution in [0.5, 0.6) is 23.0 Å². The molecule has 1 unspecified atom stereocenters. The molecule has 4 amide bonds. The van der Waals surface area contributed by atoms with E-state index in [1.165, 1.54) is 0 Å². The molecule has 0 bridgehead atoms. The summed E-state index contributed by atoms with van der Waals surface area (Å²) < 4.78 is 28.4. The lowest BCUT2D eigenvalue weighted by molar-refractivity contribution is -0.133. The molecule has 1 atom stereocenters. The van der Waals surface area contributed by atoms with Crippen LogP contribution in [0, 0.1) is 0 Å². The number of nitrogens with zero attached hydrogens (tertiary/aromatic N) is 2. The van der Waals surface area contributed by atoms with Crippen molar-refractivity contribution in [1.29, 1.82) is 0 Å². The van der Waals surface area contributed by atoms with Crippen LogP contribution in [0.4, 0.5) is 16.2 Å². The standard InChI is InChI=1S/C28H34N4O8/c1-4-37-22-16-20(31-8-10-36-11-9-31)23(38-5-2)15-19(22)29-25(33)17-32-26(34)28(3,30-27(32)35)18-6-7-21-24(14-18)40-13-12-39-21/h6-7,14-16H,4-5,8-13,17H2,1-3H3,(H,29,33)(H,30,35). The van der Waals surface area contributed by atoms with E-state index in [1.54, 1.807) is 31.2 Å². The maximum atomic E-state index is 13.5. The van der Waals surface area contributed by atoms with Gasteiger partial charge in [-0.1, -0.05) is 6.07 Å². The Hall–Kier alpha value is -4.19. The number of hydrogen-bond acceptors (Lipinski definition) is 9. The Morgan fingerprint density at radius 2 is 1.68 bits per heavy atom. The van der Waals surface area contributed by atoms with Crippen molar-refractivity contribution in [3.63, 3.8) is 0 Å². The molecule has 3 aliphatic heterocycles. The van der Waals surface area contributed by atoms with E-state index in [9.17, 15) is 14.4 Å². The summed E-state index contributed by atoms with van der Waals surface area (Å²) >= 11 is 0. The summed E-state index contributed by atoms with van der Waals surface area (Å²) in [4.78, 5) is 42.5. The van der Waals surface area contributed by atoms with Crippen LogP contribution in [0.25, 0.3) is 0 Å². The SMILES string of the molecule is CCOc1cc(N2CCOCC2)c(OCC)cc1NC(=O)CN1C(=O)NC(C)(c2ccc3c(c2)OCCO3)C1=O. The fourth-order valence-electron chi connectivity index (χ4n) is 4.97. The van der Waals surface area contributed by atoms with Crippen LogP contribution in [0.3, 0.4) is 0 Å². The van der Waals surface area contributed by atoms with Gasteiger partial charge >= 0.3 is 6.03 Å². The van der Waals surface area contributed by atoms with Gasteiger partial charge in [0.05, 0.1) is 37.8 Å². The number of ether oxygens (including phenoxy) is 5. The third kappa shape index (κ3) is 5.31. The smallest absolute Gasteiger partial charge is 0.325 e. The second-order valence-electron chi connectivity index (χ2n) is 9.63. The summed E-state index contributed by atoms with van der Waals surface area (Å²) in [5, 5.41) is 5.53. The molecule has 12 nitrogen and oxygen atoms in total. The number of morpholine rings is 1. The number of benzene rings is 2. The molecule has 0 aromatic heterocycles. The van der Waals surface area contributed by atoms with Crippen LogP contribution >= 0.6 is 0 Å². The van der Waals surface area contributed by atoms with Gasteiger partial charge in [-0.2, -0.15) is 0 Å². The highest BCUT2D eigenvalue weighted by Crippen LogP contribution is 2.40. The first-order chi connectivity index (χ1) is 19.3. The van der Waals surface area contributed by atoms with Crippen molar-refractivity contribution < 1.29 is 38.1 Å². The lowest BCUT2D eigenvalue weighted by Gasteiger charge is -2.31. The van der Waals surface area contributed by atoms with Gasteiger partial charge in [0, 0.05) is 25.2 Å². The maximum Gasteiger partial charge on any atom is 0.325 e. The highest BCUT2D eigenvalue weighted by atomic mass is 16.6. The number of carbonyl (C=O) groups is 3. The Labute approximate surface area is 232 Å². The van der Waals surface area contributed by atoms with Crippen LogP contribution in [-0.4, -0.2) is 82.0 Å². The quantitative estimate of drug-likeness (QED) is 0.450. The molecular weight excluding hydrogens is 520 g/mol. The predicted octanol–water partition coefficient (Wildman–Crippen LogP) is 2.50. The first-order valence-corrected chi connectivity index (χ1v) is 13.4. The average Bonchev–Trinajstić information content (AvgIpc) is 3.18. The van der Waals surface area contributed by atoms with E-state index >= 15 is 0 Å². The van der Waals surface area contributed by atoms with Crippen LogP contribution < -0.4 is 34.5 Å². The summed E-state index contributed by atoms with van der Waals surface area (Å²) in [6, 6.07) is 7.96. The van der Waals surface area contributed by atoms with Crippen molar-refractivity contribution in [2.75, 3.05) is 69.5 Å². The third-order valence-electron chi connectivity index (χ3n) is 6.98. The van der Waals surface area contributed by atoms with Crippen molar-refractivity contribution in [3.8, 4) is 23.0 Å². The van der Waals surface area contributed by atoms with Gasteiger partial charge in [0.25, 0.3) is 5.91 Å². The minimum atomic E-state index is -1.37. The van der Waals surface area contributed by atoms with E-state index < -0.39 is 29.9 Å². The summed E-state index contributed by atoms with van der Waals surface area (Å²) in [5.41, 5.74) is 0.382. The van der Waals surface area contributed by atoms with Gasteiger partial charge in [0.2, 0.25) is 5.91 Å². The lowest BCUT2D eigenvalue weighted by atomic mass is 9.91. The molecule has 0 radical (unpaired) electrons. The number of imide groups is 1. The molecule has 2 fully saturated rings. The van der Waals surface area contributed by atoms with E-state index in [0.717, 1.165) is 10.6 Å². The highest BCUT2D eigenvalue weighted by Gasteiger charge is 2.50. The minimum absolute atomic E-state index is 0.375. The Morgan fingerprint density at radius 3 is 2.40 bits per heavy atom. The number of nitrogens with one attached hydrogen (secondary N) is 2. The second kappa shape index (κ2) is 11.5. The van der Waals surface area contributed by atoms with E-state index in [1.807, 2.05) is 19.9 Å². The number of fused-ring (bicyclic) bond motifs is 1. The summed E-state index contributed by atoms with van der Waals surface area (Å²) in [5.74, 6) is 1.01. The topological polar surface area (TPSA) is 128 Å². The zero-order valence-corrected chi connectivity index (χ0v) is 22.9. The normalized spacial score (nSPS) is 20.3. The van der Waals surface area contributed by atoms with Crippen LogP contribution in [-0.2, 0) is 19.9 Å². The molecule has 214 valence electrons. The molecule has 5 rings (SSSR count). The fourth-order valence-corrected chi connectivity index (χ4v) is 4.97. The molecule has 2 saturated heterocycles. The number of rotatable bonds is 9. The van der Waals surface area contributed by atoms with Crippen LogP contribution in [0.2, 0.25) is 0 Å². The zero-order chi connectivity index (χ0) is 28.3. The number of hydrogen-bond donors (Lipinski definition) is 2. The molecule has 0 spiro atoms. The van der Waals surface area contributed by atoms with Gasteiger partial charge < -0.3 is 39.2 Å². The lowest BCUT2D eigenvalue weighted by Crippen LogP contribution is -2.42. The monoisotopic (exact) mass is 554 g/mol. The summed E-state index contributed by atoms with van der Waals surface area (Å²) in [6.45, 7) is 9.09. The summed E-state index contributed by atoms with van der Waals surface area (Å²) in [7, 11) is 0. The van der Waals surface area contributed by atoms with E-state index in [4.69, 9.17) is 23.7 Å². The van der Waals surface area contributed by atoms with Gasteiger partial charge in [-0.15, -0.1) is 0 Å². The minimum Gasteiger partial charge on any atom is -0.492 e. The molecular formula is C28H34N4O8. The molecule has 2 N–H and O–H groups in total. The first-order valence-electron chi connectivity index (χ1n) is 13.4. The van der Waals surface area contributed by atoms with E-state index in [0.29, 0.717) is 87.0 Å². The van der Waals surface area contributed by atoms with Gasteiger partial charge in [-0.05, 0) is 38.5 Å². The van der Waals surface area contributed by atoms with E-state index in [-0.39, 0.29) is 0 Å². The number of anilines is 2. The van der Waals surface area contributed by atoms with Gasteiger partial charge in [-0.3, -0.25) is 14.5 Å². The fraction of sp³-hybridized carbons (Fsp3) is 0.464. The zero-order valence-electron chi connectivity index (χ0n) is 22.9. The Kier molecular flexibility index (Phi) is 7.88. The van der Waals surface area contributed by atoms with Gasteiger partial charge in [-0.25, -0.2) is 4.79 Å². The molecule has 0 saturated carbocycles.